The predicted molar refractivity (Wildman–Crippen MR) is 75.3 cm³/mol. The summed E-state index contributed by atoms with van der Waals surface area (Å²) >= 11 is 0. The molecule has 0 bridgehead atoms. The van der Waals surface area contributed by atoms with Crippen LogP contribution in [0.25, 0.3) is 0 Å². The molecule has 0 radical (unpaired) electrons. The molecule has 1 aromatic rings. The van der Waals surface area contributed by atoms with E-state index in [2.05, 4.69) is 19.0 Å². The number of aliphatic carboxylic acids is 1. The van der Waals surface area contributed by atoms with Gasteiger partial charge in [0, 0.05) is 12.5 Å². The summed E-state index contributed by atoms with van der Waals surface area (Å²) in [6.45, 7) is 4.38. The number of aliphatic hydroxyl groups is 1. The summed E-state index contributed by atoms with van der Waals surface area (Å²) in [7, 11) is 0. The molecule has 5 heteroatoms. The third-order valence-corrected chi connectivity index (χ3v) is 3.24. The number of rotatable bonds is 10. The first-order chi connectivity index (χ1) is 9.49. The Morgan fingerprint density at radius 3 is 2.65 bits per heavy atom. The SMILES string of the molecule is CC(C)CCCCC(O)c1cc(CCCC(=O)O)no1. The predicted octanol–water partition coefficient (Wildman–Crippen LogP) is 3.33. The molecule has 0 aliphatic rings. The van der Waals surface area contributed by atoms with Gasteiger partial charge in [-0.2, -0.15) is 0 Å². The molecule has 5 nitrogen and oxygen atoms in total. The molecule has 0 saturated heterocycles. The van der Waals surface area contributed by atoms with E-state index in [1.165, 1.54) is 6.42 Å². The van der Waals surface area contributed by atoms with Crippen molar-refractivity contribution in [2.75, 3.05) is 0 Å². The highest BCUT2D eigenvalue weighted by atomic mass is 16.5. The van der Waals surface area contributed by atoms with Crippen molar-refractivity contribution in [3.63, 3.8) is 0 Å². The Morgan fingerprint density at radius 2 is 2.00 bits per heavy atom. The number of carboxylic acids is 1. The van der Waals surface area contributed by atoms with Gasteiger partial charge in [-0.15, -0.1) is 0 Å². The zero-order valence-electron chi connectivity index (χ0n) is 12.3. The van der Waals surface area contributed by atoms with Crippen LogP contribution in [0, 0.1) is 5.92 Å². The highest BCUT2D eigenvalue weighted by molar-refractivity contribution is 5.66. The molecule has 0 aromatic carbocycles. The molecule has 0 spiro atoms. The zero-order valence-corrected chi connectivity index (χ0v) is 12.3. The lowest BCUT2D eigenvalue weighted by Crippen LogP contribution is -1.97. The van der Waals surface area contributed by atoms with Crippen LogP contribution in [0.2, 0.25) is 0 Å². The van der Waals surface area contributed by atoms with Crippen LogP contribution >= 0.6 is 0 Å². The van der Waals surface area contributed by atoms with Crippen LogP contribution in [-0.4, -0.2) is 21.3 Å². The zero-order chi connectivity index (χ0) is 15.0. The van der Waals surface area contributed by atoms with Gasteiger partial charge in [0.25, 0.3) is 0 Å². The van der Waals surface area contributed by atoms with Gasteiger partial charge in [-0.3, -0.25) is 4.79 Å². The molecule has 0 aliphatic heterocycles. The molecule has 0 aliphatic carbocycles. The number of nitrogens with zero attached hydrogens (tertiary/aromatic N) is 1. The van der Waals surface area contributed by atoms with Crippen LogP contribution in [0.1, 0.15) is 69.9 Å². The average molecular weight is 283 g/mol. The number of unbranched alkanes of at least 4 members (excludes halogenated alkanes) is 1. The lowest BCUT2D eigenvalue weighted by molar-refractivity contribution is -0.137. The Kier molecular flexibility index (Phi) is 7.30. The van der Waals surface area contributed by atoms with Gasteiger partial charge >= 0.3 is 5.97 Å². The van der Waals surface area contributed by atoms with E-state index in [0.29, 0.717) is 36.6 Å². The molecule has 1 aromatic heterocycles. The summed E-state index contributed by atoms with van der Waals surface area (Å²) in [6.07, 6.45) is 4.53. The molecule has 0 saturated carbocycles. The number of carboxylic acid groups (broad SMARTS) is 1. The maximum absolute atomic E-state index is 10.4. The number of hydrogen-bond donors (Lipinski definition) is 2. The van der Waals surface area contributed by atoms with Crippen molar-refractivity contribution >= 4 is 5.97 Å². The molecule has 1 heterocycles. The van der Waals surface area contributed by atoms with Gasteiger partial charge in [-0.05, 0) is 25.2 Å². The van der Waals surface area contributed by atoms with Gasteiger partial charge < -0.3 is 14.7 Å². The van der Waals surface area contributed by atoms with Crippen molar-refractivity contribution < 1.29 is 19.5 Å². The monoisotopic (exact) mass is 283 g/mol. The Labute approximate surface area is 120 Å². The fourth-order valence-corrected chi connectivity index (χ4v) is 2.06. The number of aryl methyl sites for hydroxylation is 1. The Balaban J connectivity index is 2.28. The van der Waals surface area contributed by atoms with Crippen LogP contribution in [0.5, 0.6) is 0 Å². The summed E-state index contributed by atoms with van der Waals surface area (Å²) in [6, 6.07) is 1.73. The van der Waals surface area contributed by atoms with Gasteiger partial charge in [0.2, 0.25) is 0 Å². The fraction of sp³-hybridized carbons (Fsp3) is 0.733. The molecule has 114 valence electrons. The Hall–Kier alpha value is -1.36. The van der Waals surface area contributed by atoms with Crippen molar-refractivity contribution in [2.45, 2.75) is 64.9 Å². The van der Waals surface area contributed by atoms with E-state index in [0.717, 1.165) is 12.8 Å². The highest BCUT2D eigenvalue weighted by Crippen LogP contribution is 2.21. The Morgan fingerprint density at radius 1 is 1.30 bits per heavy atom. The standard InChI is InChI=1S/C15H25NO4/c1-11(2)6-3-4-8-13(17)14-10-12(16-20-14)7-5-9-15(18)19/h10-11,13,17H,3-9H2,1-2H3,(H,18,19). The van der Waals surface area contributed by atoms with E-state index in [1.54, 1.807) is 6.07 Å². The summed E-state index contributed by atoms with van der Waals surface area (Å²) in [5, 5.41) is 22.4. The molecule has 0 fully saturated rings. The minimum Gasteiger partial charge on any atom is -0.481 e. The van der Waals surface area contributed by atoms with Crippen LogP contribution in [-0.2, 0) is 11.2 Å². The first kappa shape index (κ1) is 16.7. The van der Waals surface area contributed by atoms with Crippen molar-refractivity contribution in [1.29, 1.82) is 0 Å². The molecule has 1 unspecified atom stereocenters. The van der Waals surface area contributed by atoms with Crippen LogP contribution in [0.15, 0.2) is 10.6 Å². The second kappa shape index (κ2) is 8.74. The molecule has 2 N–H and O–H groups in total. The molecule has 1 rings (SSSR count). The van der Waals surface area contributed by atoms with Gasteiger partial charge in [-0.1, -0.05) is 38.3 Å². The van der Waals surface area contributed by atoms with Crippen molar-refractivity contribution in [3.8, 4) is 0 Å². The van der Waals surface area contributed by atoms with E-state index in [1.807, 2.05) is 0 Å². The van der Waals surface area contributed by atoms with E-state index in [-0.39, 0.29) is 6.42 Å². The molecule has 1 atom stereocenters. The van der Waals surface area contributed by atoms with E-state index >= 15 is 0 Å². The topological polar surface area (TPSA) is 83.6 Å². The quantitative estimate of drug-likeness (QED) is 0.643. The largest absolute Gasteiger partial charge is 0.481 e. The summed E-state index contributed by atoms with van der Waals surface area (Å²) in [5.41, 5.74) is 0.711. The molecular weight excluding hydrogens is 258 g/mol. The van der Waals surface area contributed by atoms with E-state index < -0.39 is 12.1 Å². The smallest absolute Gasteiger partial charge is 0.303 e. The first-order valence-corrected chi connectivity index (χ1v) is 7.34. The van der Waals surface area contributed by atoms with Crippen molar-refractivity contribution in [3.05, 3.63) is 17.5 Å². The van der Waals surface area contributed by atoms with Gasteiger partial charge in [0.05, 0.1) is 5.69 Å². The third kappa shape index (κ3) is 6.70. The number of hydrogen-bond acceptors (Lipinski definition) is 4. The number of aromatic nitrogens is 1. The Bertz CT molecular complexity index is 400. The summed E-state index contributed by atoms with van der Waals surface area (Å²) in [4.78, 5) is 10.4. The van der Waals surface area contributed by atoms with Crippen molar-refractivity contribution in [2.24, 2.45) is 5.92 Å². The van der Waals surface area contributed by atoms with Gasteiger partial charge in [-0.25, -0.2) is 0 Å². The third-order valence-electron chi connectivity index (χ3n) is 3.24. The first-order valence-electron chi connectivity index (χ1n) is 7.34. The normalized spacial score (nSPS) is 12.8. The second-order valence-electron chi connectivity index (χ2n) is 5.66. The molecule has 20 heavy (non-hydrogen) atoms. The summed E-state index contributed by atoms with van der Waals surface area (Å²) in [5.74, 6) is 0.372. The minimum atomic E-state index is -0.807. The number of carbonyl (C=O) groups is 1. The fourth-order valence-electron chi connectivity index (χ4n) is 2.06. The van der Waals surface area contributed by atoms with E-state index in [4.69, 9.17) is 9.63 Å². The van der Waals surface area contributed by atoms with E-state index in [9.17, 15) is 9.90 Å². The van der Waals surface area contributed by atoms with Gasteiger partial charge in [0.1, 0.15) is 6.10 Å². The molecule has 0 amide bonds. The average Bonchev–Trinajstić information content (AvgIpc) is 2.82. The second-order valence-corrected chi connectivity index (χ2v) is 5.66. The van der Waals surface area contributed by atoms with Crippen LogP contribution in [0.3, 0.4) is 0 Å². The van der Waals surface area contributed by atoms with Crippen molar-refractivity contribution in [1.82, 2.24) is 5.16 Å². The number of aliphatic hydroxyl groups excluding tert-OH is 1. The lowest BCUT2D eigenvalue weighted by Gasteiger charge is -2.07. The van der Waals surface area contributed by atoms with Crippen LogP contribution in [0.4, 0.5) is 0 Å². The highest BCUT2D eigenvalue weighted by Gasteiger charge is 2.14. The van der Waals surface area contributed by atoms with Crippen LogP contribution < -0.4 is 0 Å². The minimum absolute atomic E-state index is 0.125. The van der Waals surface area contributed by atoms with Gasteiger partial charge in [0.15, 0.2) is 5.76 Å². The summed E-state index contributed by atoms with van der Waals surface area (Å²) < 4.78 is 5.11. The maximum atomic E-state index is 10.4. The lowest BCUT2D eigenvalue weighted by atomic mass is 10.0. The maximum Gasteiger partial charge on any atom is 0.303 e. The molecular formula is C15H25NO4.